The van der Waals surface area contributed by atoms with Crippen LogP contribution in [-0.4, -0.2) is 35.0 Å². The summed E-state index contributed by atoms with van der Waals surface area (Å²) < 4.78 is 0. The molecule has 1 aliphatic heterocycles. The summed E-state index contributed by atoms with van der Waals surface area (Å²) in [5, 5.41) is 6.26. The summed E-state index contributed by atoms with van der Waals surface area (Å²) in [6.45, 7) is 2.89. The second-order valence-corrected chi connectivity index (χ2v) is 5.26. The molecule has 108 valence electrons. The predicted octanol–water partition coefficient (Wildman–Crippen LogP) is 2.27. The number of rotatable bonds is 3. The van der Waals surface area contributed by atoms with Gasteiger partial charge < -0.3 is 10.6 Å². The highest BCUT2D eigenvalue weighted by molar-refractivity contribution is 7.99. The molecule has 1 aliphatic rings. The van der Waals surface area contributed by atoms with Crippen LogP contribution >= 0.6 is 36.6 Å². The summed E-state index contributed by atoms with van der Waals surface area (Å²) in [6.07, 6.45) is 2.26. The zero-order valence-corrected chi connectivity index (χ0v) is 13.2. The van der Waals surface area contributed by atoms with Gasteiger partial charge in [-0.2, -0.15) is 11.8 Å². The Morgan fingerprint density at radius 2 is 2.37 bits per heavy atom. The minimum atomic E-state index is 0. The summed E-state index contributed by atoms with van der Waals surface area (Å²) in [7, 11) is 0. The molecule has 2 N–H and O–H groups in total. The molecule has 0 radical (unpaired) electrons. The maximum atomic E-state index is 11.8. The lowest BCUT2D eigenvalue weighted by Gasteiger charge is -2.22. The van der Waals surface area contributed by atoms with Crippen molar-refractivity contribution in [1.29, 1.82) is 0 Å². The van der Waals surface area contributed by atoms with Gasteiger partial charge in [0.1, 0.15) is 0 Å². The Balaban J connectivity index is 0.00000162. The molecule has 1 fully saturated rings. The zero-order valence-electron chi connectivity index (χ0n) is 10.7. The van der Waals surface area contributed by atoms with Crippen LogP contribution in [0.15, 0.2) is 18.3 Å². The number of carbonyl (C=O) groups excluding carboxylic acids is 1. The van der Waals surface area contributed by atoms with Gasteiger partial charge in [0.2, 0.25) is 5.91 Å². The molecular weight excluding hydrogens is 305 g/mol. The number of hydrogen-bond donors (Lipinski definition) is 2. The molecule has 1 aromatic rings. The van der Waals surface area contributed by atoms with Crippen molar-refractivity contribution in [1.82, 2.24) is 10.3 Å². The van der Waals surface area contributed by atoms with Crippen molar-refractivity contribution in [3.8, 4) is 0 Å². The lowest BCUT2D eigenvalue weighted by atomic mass is 10.2. The summed E-state index contributed by atoms with van der Waals surface area (Å²) in [4.78, 5) is 16.0. The molecule has 0 bridgehead atoms. The normalized spacial score (nSPS) is 17.8. The van der Waals surface area contributed by atoms with Gasteiger partial charge in [-0.15, -0.1) is 24.8 Å². The average molecular weight is 324 g/mol. The van der Waals surface area contributed by atoms with Gasteiger partial charge in [-0.3, -0.25) is 9.78 Å². The van der Waals surface area contributed by atoms with Crippen LogP contribution in [0.1, 0.15) is 12.1 Å². The van der Waals surface area contributed by atoms with Crippen molar-refractivity contribution < 1.29 is 4.79 Å². The predicted molar refractivity (Wildman–Crippen MR) is 85.8 cm³/mol. The summed E-state index contributed by atoms with van der Waals surface area (Å²) >= 11 is 1.90. The van der Waals surface area contributed by atoms with E-state index in [1.807, 2.05) is 30.8 Å². The first-order chi connectivity index (χ1) is 8.25. The van der Waals surface area contributed by atoms with E-state index in [-0.39, 0.29) is 30.7 Å². The molecule has 19 heavy (non-hydrogen) atoms. The van der Waals surface area contributed by atoms with Gasteiger partial charge in [0.25, 0.3) is 0 Å². The van der Waals surface area contributed by atoms with E-state index in [4.69, 9.17) is 0 Å². The van der Waals surface area contributed by atoms with Crippen LogP contribution in [0.25, 0.3) is 0 Å². The Labute approximate surface area is 130 Å². The number of anilines is 1. The topological polar surface area (TPSA) is 54.0 Å². The number of aromatic nitrogens is 1. The molecular formula is C12H19Cl2N3OS. The highest BCUT2D eigenvalue weighted by Gasteiger charge is 2.16. The molecule has 2 heterocycles. The molecule has 1 aromatic heterocycles. The van der Waals surface area contributed by atoms with Crippen LogP contribution in [-0.2, 0) is 4.79 Å². The van der Waals surface area contributed by atoms with Crippen LogP contribution in [0.4, 0.5) is 5.69 Å². The third-order valence-electron chi connectivity index (χ3n) is 2.71. The van der Waals surface area contributed by atoms with Crippen LogP contribution in [0.3, 0.4) is 0 Å². The molecule has 1 unspecified atom stereocenters. The molecule has 0 saturated carbocycles. The first-order valence-corrected chi connectivity index (χ1v) is 6.94. The summed E-state index contributed by atoms with van der Waals surface area (Å²) in [5.74, 6) is 2.21. The van der Waals surface area contributed by atoms with Crippen molar-refractivity contribution in [2.45, 2.75) is 19.4 Å². The fraction of sp³-hybridized carbons (Fsp3) is 0.500. The Hall–Kier alpha value is -0.490. The third-order valence-corrected chi connectivity index (χ3v) is 3.84. The Morgan fingerprint density at radius 3 is 3.00 bits per heavy atom. The SMILES string of the molecule is Cc1ncccc1NC(=O)CC1CSCCN1.Cl.Cl. The van der Waals surface area contributed by atoms with Crippen LogP contribution < -0.4 is 10.6 Å². The van der Waals surface area contributed by atoms with Crippen molar-refractivity contribution in [3.63, 3.8) is 0 Å². The molecule has 0 spiro atoms. The lowest BCUT2D eigenvalue weighted by Crippen LogP contribution is -2.39. The molecule has 1 amide bonds. The number of halogens is 2. The highest BCUT2D eigenvalue weighted by Crippen LogP contribution is 2.13. The number of nitrogens with one attached hydrogen (secondary N) is 2. The molecule has 1 atom stereocenters. The number of aryl methyl sites for hydroxylation is 1. The summed E-state index contributed by atoms with van der Waals surface area (Å²) in [6, 6.07) is 4.01. The Bertz CT molecular complexity index is 400. The largest absolute Gasteiger partial charge is 0.324 e. The Kier molecular flexibility index (Phi) is 9.18. The maximum Gasteiger partial charge on any atom is 0.226 e. The first-order valence-electron chi connectivity index (χ1n) is 5.78. The monoisotopic (exact) mass is 323 g/mol. The summed E-state index contributed by atoms with van der Waals surface area (Å²) in [5.41, 5.74) is 1.66. The van der Waals surface area contributed by atoms with Gasteiger partial charge >= 0.3 is 0 Å². The van der Waals surface area contributed by atoms with Crippen molar-refractivity contribution >= 4 is 48.2 Å². The van der Waals surface area contributed by atoms with Gasteiger partial charge in [0.15, 0.2) is 0 Å². The molecule has 0 aromatic carbocycles. The van der Waals surface area contributed by atoms with E-state index in [2.05, 4.69) is 15.6 Å². The average Bonchev–Trinajstić information content (AvgIpc) is 2.33. The smallest absolute Gasteiger partial charge is 0.226 e. The van der Waals surface area contributed by atoms with Crippen molar-refractivity contribution in [2.75, 3.05) is 23.4 Å². The van der Waals surface area contributed by atoms with E-state index in [0.29, 0.717) is 12.5 Å². The standard InChI is InChI=1S/C12H17N3OS.2ClH/c1-9-11(3-2-4-13-9)15-12(16)7-10-8-17-6-5-14-10;;/h2-4,10,14H,5-8H2,1H3,(H,15,16);2*1H. The highest BCUT2D eigenvalue weighted by atomic mass is 35.5. The van der Waals surface area contributed by atoms with E-state index in [1.165, 1.54) is 0 Å². The zero-order chi connectivity index (χ0) is 12.1. The number of pyridine rings is 1. The van der Waals surface area contributed by atoms with Crippen LogP contribution in [0.2, 0.25) is 0 Å². The minimum absolute atomic E-state index is 0. The number of amides is 1. The molecule has 1 saturated heterocycles. The van der Waals surface area contributed by atoms with Gasteiger partial charge in [0, 0.05) is 36.7 Å². The minimum Gasteiger partial charge on any atom is -0.324 e. The number of carbonyl (C=O) groups is 1. The van der Waals surface area contributed by atoms with E-state index in [1.54, 1.807) is 6.20 Å². The maximum absolute atomic E-state index is 11.8. The lowest BCUT2D eigenvalue weighted by molar-refractivity contribution is -0.116. The Morgan fingerprint density at radius 1 is 1.58 bits per heavy atom. The number of nitrogens with zero attached hydrogens (tertiary/aromatic N) is 1. The van der Waals surface area contributed by atoms with Crippen molar-refractivity contribution in [3.05, 3.63) is 24.0 Å². The van der Waals surface area contributed by atoms with Crippen LogP contribution in [0, 0.1) is 6.92 Å². The van der Waals surface area contributed by atoms with E-state index >= 15 is 0 Å². The van der Waals surface area contributed by atoms with Crippen LogP contribution in [0.5, 0.6) is 0 Å². The quantitative estimate of drug-likeness (QED) is 0.896. The van der Waals surface area contributed by atoms with Gasteiger partial charge in [-0.05, 0) is 19.1 Å². The molecule has 0 aliphatic carbocycles. The van der Waals surface area contributed by atoms with E-state index in [0.717, 1.165) is 29.4 Å². The number of thioether (sulfide) groups is 1. The van der Waals surface area contributed by atoms with E-state index in [9.17, 15) is 4.79 Å². The van der Waals surface area contributed by atoms with E-state index < -0.39 is 0 Å². The van der Waals surface area contributed by atoms with Gasteiger partial charge in [-0.25, -0.2) is 0 Å². The molecule has 4 nitrogen and oxygen atoms in total. The van der Waals surface area contributed by atoms with Gasteiger partial charge in [0.05, 0.1) is 11.4 Å². The third kappa shape index (κ3) is 5.99. The van der Waals surface area contributed by atoms with Crippen molar-refractivity contribution in [2.24, 2.45) is 0 Å². The molecule has 2 rings (SSSR count). The fourth-order valence-electron chi connectivity index (χ4n) is 1.79. The fourth-order valence-corrected chi connectivity index (χ4v) is 2.74. The van der Waals surface area contributed by atoms with Gasteiger partial charge in [-0.1, -0.05) is 0 Å². The number of hydrogen-bond acceptors (Lipinski definition) is 4. The first kappa shape index (κ1) is 18.5. The molecule has 7 heteroatoms. The second kappa shape index (κ2) is 9.42. The second-order valence-electron chi connectivity index (χ2n) is 4.11.